The van der Waals surface area contributed by atoms with Crippen molar-refractivity contribution in [1.82, 2.24) is 0 Å². The number of aliphatic carboxylic acids is 1. The number of methoxy groups -OCH3 is 1. The molecule has 0 spiro atoms. The van der Waals surface area contributed by atoms with Crippen LogP contribution in [0.25, 0.3) is 0 Å². The summed E-state index contributed by atoms with van der Waals surface area (Å²) in [6, 6.07) is 6.64. The lowest BCUT2D eigenvalue weighted by atomic mass is 10.2. The standard InChI is InChI=1S/C10H13NO5S/c1-16-6-8-4-2-3-5-9(8)11-17(14,15)7-10(12)13/h2-5,11H,6-7H2,1H3,(H,12,13). The van der Waals surface area contributed by atoms with Gasteiger partial charge in [0.05, 0.1) is 12.3 Å². The molecule has 0 unspecified atom stereocenters. The second kappa shape index (κ2) is 5.65. The number of carboxylic acid groups (broad SMARTS) is 1. The Kier molecular flexibility index (Phi) is 4.47. The van der Waals surface area contributed by atoms with E-state index in [0.717, 1.165) is 0 Å². The van der Waals surface area contributed by atoms with Crippen molar-refractivity contribution in [2.24, 2.45) is 0 Å². The molecule has 0 fully saturated rings. The molecule has 17 heavy (non-hydrogen) atoms. The van der Waals surface area contributed by atoms with Gasteiger partial charge in [0.1, 0.15) is 0 Å². The summed E-state index contributed by atoms with van der Waals surface area (Å²) in [5.74, 6) is -2.37. The molecule has 0 radical (unpaired) electrons. The van der Waals surface area contributed by atoms with E-state index in [9.17, 15) is 13.2 Å². The monoisotopic (exact) mass is 259 g/mol. The van der Waals surface area contributed by atoms with Crippen molar-refractivity contribution >= 4 is 21.7 Å². The Bertz CT molecular complexity index is 497. The molecule has 0 aliphatic heterocycles. The summed E-state index contributed by atoms with van der Waals surface area (Å²) in [6.45, 7) is 0.242. The first-order chi connectivity index (χ1) is 7.94. The number of anilines is 1. The lowest BCUT2D eigenvalue weighted by molar-refractivity contribution is -0.134. The average molecular weight is 259 g/mol. The Morgan fingerprint density at radius 1 is 1.41 bits per heavy atom. The molecule has 0 heterocycles. The topological polar surface area (TPSA) is 92.7 Å². The normalized spacial score (nSPS) is 11.1. The first-order valence-corrected chi connectivity index (χ1v) is 6.39. The fourth-order valence-electron chi connectivity index (χ4n) is 1.27. The van der Waals surface area contributed by atoms with Gasteiger partial charge in [-0.2, -0.15) is 0 Å². The van der Waals surface area contributed by atoms with Gasteiger partial charge in [0.2, 0.25) is 10.0 Å². The van der Waals surface area contributed by atoms with E-state index in [4.69, 9.17) is 9.84 Å². The van der Waals surface area contributed by atoms with Gasteiger partial charge in [0.15, 0.2) is 5.75 Å². The summed E-state index contributed by atoms with van der Waals surface area (Å²) in [4.78, 5) is 10.4. The van der Waals surface area contributed by atoms with Crippen LogP contribution in [0.15, 0.2) is 24.3 Å². The number of carbonyl (C=O) groups is 1. The Labute approximate surface area is 99.3 Å². The minimum Gasteiger partial charge on any atom is -0.480 e. The number of ether oxygens (including phenoxy) is 1. The molecule has 1 aromatic rings. The Morgan fingerprint density at radius 2 is 2.06 bits per heavy atom. The summed E-state index contributed by atoms with van der Waals surface area (Å²) < 4.78 is 30.0. The van der Waals surface area contributed by atoms with Crippen LogP contribution in [0.3, 0.4) is 0 Å². The largest absolute Gasteiger partial charge is 0.480 e. The number of hydrogen-bond donors (Lipinski definition) is 2. The Hall–Kier alpha value is -1.60. The molecule has 0 saturated heterocycles. The van der Waals surface area contributed by atoms with Gasteiger partial charge in [0.25, 0.3) is 0 Å². The summed E-state index contributed by atoms with van der Waals surface area (Å²) in [5, 5.41) is 8.46. The lowest BCUT2D eigenvalue weighted by Gasteiger charge is -2.10. The summed E-state index contributed by atoms with van der Waals surface area (Å²) in [5.41, 5.74) is 0.972. The van der Waals surface area contributed by atoms with E-state index in [1.54, 1.807) is 24.3 Å². The first-order valence-electron chi connectivity index (χ1n) is 4.74. The molecule has 0 saturated carbocycles. The molecule has 94 valence electrons. The second-order valence-corrected chi connectivity index (χ2v) is 5.07. The van der Waals surface area contributed by atoms with E-state index in [-0.39, 0.29) is 6.61 Å². The van der Waals surface area contributed by atoms with Crippen LogP contribution in [0.5, 0.6) is 0 Å². The fourth-order valence-corrected chi connectivity index (χ4v) is 2.20. The van der Waals surface area contributed by atoms with Gasteiger partial charge in [-0.3, -0.25) is 9.52 Å². The summed E-state index contributed by atoms with van der Waals surface area (Å²) in [6.07, 6.45) is 0. The van der Waals surface area contributed by atoms with Gasteiger partial charge in [-0.15, -0.1) is 0 Å². The van der Waals surface area contributed by atoms with Gasteiger partial charge >= 0.3 is 5.97 Å². The Balaban J connectivity index is 2.91. The van der Waals surface area contributed by atoms with Gasteiger partial charge in [-0.05, 0) is 6.07 Å². The van der Waals surface area contributed by atoms with Crippen LogP contribution >= 0.6 is 0 Å². The van der Waals surface area contributed by atoms with E-state index < -0.39 is 21.7 Å². The third kappa shape index (κ3) is 4.41. The molecule has 2 N–H and O–H groups in total. The molecule has 7 heteroatoms. The summed E-state index contributed by atoms with van der Waals surface area (Å²) in [7, 11) is -2.39. The van der Waals surface area contributed by atoms with Gasteiger partial charge in [0, 0.05) is 12.7 Å². The van der Waals surface area contributed by atoms with Gasteiger partial charge in [-0.1, -0.05) is 18.2 Å². The molecule has 0 aromatic heterocycles. The maximum absolute atomic E-state index is 11.4. The molecular formula is C10H13NO5S. The number of hydrogen-bond acceptors (Lipinski definition) is 4. The first kappa shape index (κ1) is 13.5. The van der Waals surface area contributed by atoms with Crippen molar-refractivity contribution in [2.45, 2.75) is 6.61 Å². The third-order valence-electron chi connectivity index (χ3n) is 1.90. The van der Waals surface area contributed by atoms with E-state index in [0.29, 0.717) is 11.3 Å². The minimum absolute atomic E-state index is 0.242. The zero-order valence-electron chi connectivity index (χ0n) is 9.21. The maximum Gasteiger partial charge on any atom is 0.320 e. The van der Waals surface area contributed by atoms with Crippen molar-refractivity contribution < 1.29 is 23.1 Å². The van der Waals surface area contributed by atoms with Crippen LogP contribution in [-0.4, -0.2) is 32.4 Å². The van der Waals surface area contributed by atoms with Gasteiger partial charge in [-0.25, -0.2) is 8.42 Å². The third-order valence-corrected chi connectivity index (χ3v) is 3.05. The van der Waals surface area contributed by atoms with Crippen LogP contribution in [0.1, 0.15) is 5.56 Å². The predicted molar refractivity (Wildman–Crippen MR) is 62.2 cm³/mol. The zero-order chi connectivity index (χ0) is 12.9. The highest BCUT2D eigenvalue weighted by molar-refractivity contribution is 7.93. The highest BCUT2D eigenvalue weighted by Crippen LogP contribution is 2.17. The van der Waals surface area contributed by atoms with Crippen LogP contribution in [0, 0.1) is 0 Å². The molecule has 1 rings (SSSR count). The van der Waals surface area contributed by atoms with E-state index in [1.165, 1.54) is 7.11 Å². The molecule has 0 aliphatic rings. The lowest BCUT2D eigenvalue weighted by Crippen LogP contribution is -2.23. The van der Waals surface area contributed by atoms with Crippen LogP contribution in [0.2, 0.25) is 0 Å². The zero-order valence-corrected chi connectivity index (χ0v) is 10.0. The van der Waals surface area contributed by atoms with E-state index in [1.807, 2.05) is 0 Å². The SMILES string of the molecule is COCc1ccccc1NS(=O)(=O)CC(=O)O. The second-order valence-electron chi connectivity index (χ2n) is 3.35. The number of sulfonamides is 1. The van der Waals surface area contributed by atoms with Crippen molar-refractivity contribution in [3.63, 3.8) is 0 Å². The Morgan fingerprint density at radius 3 is 2.65 bits per heavy atom. The highest BCUT2D eigenvalue weighted by atomic mass is 32.2. The molecule has 0 bridgehead atoms. The predicted octanol–water partition coefficient (Wildman–Crippen LogP) is 0.659. The molecule has 1 aromatic carbocycles. The number of para-hydroxylation sites is 1. The number of nitrogens with one attached hydrogen (secondary N) is 1. The van der Waals surface area contributed by atoms with Crippen LogP contribution in [-0.2, 0) is 26.2 Å². The fraction of sp³-hybridized carbons (Fsp3) is 0.300. The number of benzene rings is 1. The minimum atomic E-state index is -3.88. The van der Waals surface area contributed by atoms with Gasteiger partial charge < -0.3 is 9.84 Å². The maximum atomic E-state index is 11.4. The highest BCUT2D eigenvalue weighted by Gasteiger charge is 2.16. The van der Waals surface area contributed by atoms with Crippen molar-refractivity contribution in [1.29, 1.82) is 0 Å². The molecule has 0 aliphatic carbocycles. The van der Waals surface area contributed by atoms with E-state index in [2.05, 4.69) is 4.72 Å². The summed E-state index contributed by atoms with van der Waals surface area (Å²) >= 11 is 0. The van der Waals surface area contributed by atoms with Crippen molar-refractivity contribution in [3.05, 3.63) is 29.8 Å². The van der Waals surface area contributed by atoms with Crippen molar-refractivity contribution in [2.75, 3.05) is 17.6 Å². The van der Waals surface area contributed by atoms with E-state index >= 15 is 0 Å². The quantitative estimate of drug-likeness (QED) is 0.782. The number of rotatable bonds is 6. The smallest absolute Gasteiger partial charge is 0.320 e. The van der Waals surface area contributed by atoms with Crippen LogP contribution in [0.4, 0.5) is 5.69 Å². The average Bonchev–Trinajstić information content (AvgIpc) is 2.18. The molecule has 6 nitrogen and oxygen atoms in total. The van der Waals surface area contributed by atoms with Crippen LogP contribution < -0.4 is 4.72 Å². The molecule has 0 amide bonds. The molecule has 0 atom stereocenters. The molecular weight excluding hydrogens is 246 g/mol. The van der Waals surface area contributed by atoms with Crippen molar-refractivity contribution in [3.8, 4) is 0 Å². The number of carboxylic acids is 1.